The van der Waals surface area contributed by atoms with E-state index in [0.717, 1.165) is 12.5 Å². The summed E-state index contributed by atoms with van der Waals surface area (Å²) in [5.74, 6) is 0.922. The average Bonchev–Trinajstić information content (AvgIpc) is 2.53. The fourth-order valence-corrected chi connectivity index (χ4v) is 2.97. The van der Waals surface area contributed by atoms with Crippen molar-refractivity contribution in [3.05, 3.63) is 29.8 Å². The molecule has 0 unspecified atom stereocenters. The third-order valence-electron chi connectivity index (χ3n) is 3.79. The van der Waals surface area contributed by atoms with E-state index in [1.54, 1.807) is 11.8 Å². The Bertz CT molecular complexity index is 428. The Kier molecular flexibility index (Phi) is 9.15. The quantitative estimate of drug-likeness (QED) is 0.335. The maximum Gasteiger partial charge on any atom is 0.191 e. The highest BCUT2D eigenvalue weighted by molar-refractivity contribution is 14.0. The van der Waals surface area contributed by atoms with Crippen molar-refractivity contribution in [3.8, 4) is 0 Å². The Balaban J connectivity index is 0.00000220. The molecule has 1 aromatic carbocycles. The first kappa shape index (κ1) is 18.6. The molecule has 0 aromatic heterocycles. The maximum atomic E-state index is 4.32. The van der Waals surface area contributed by atoms with Gasteiger partial charge in [-0.05, 0) is 36.8 Å². The zero-order valence-electron chi connectivity index (χ0n) is 12.9. The van der Waals surface area contributed by atoms with Gasteiger partial charge in [-0.1, -0.05) is 31.4 Å². The Morgan fingerprint density at radius 2 is 1.86 bits per heavy atom. The lowest BCUT2D eigenvalue weighted by Crippen LogP contribution is -2.43. The van der Waals surface area contributed by atoms with Crippen LogP contribution in [0.3, 0.4) is 0 Å². The Hall–Kier alpha value is -0.430. The van der Waals surface area contributed by atoms with Gasteiger partial charge < -0.3 is 10.6 Å². The highest BCUT2D eigenvalue weighted by atomic mass is 127. The number of benzene rings is 1. The summed E-state index contributed by atoms with van der Waals surface area (Å²) >= 11 is 1.77. The van der Waals surface area contributed by atoms with Gasteiger partial charge in [0.05, 0.1) is 0 Å². The number of rotatable bonds is 4. The second-order valence-corrected chi connectivity index (χ2v) is 6.13. The van der Waals surface area contributed by atoms with Gasteiger partial charge in [-0.25, -0.2) is 0 Å². The normalized spacial score (nSPS) is 16.2. The molecular weight excluding hydrogens is 393 g/mol. The van der Waals surface area contributed by atoms with Crippen LogP contribution in [0, 0.1) is 0 Å². The van der Waals surface area contributed by atoms with E-state index in [-0.39, 0.29) is 24.0 Å². The first-order valence-electron chi connectivity index (χ1n) is 7.42. The van der Waals surface area contributed by atoms with E-state index in [1.807, 2.05) is 7.05 Å². The molecule has 3 nitrogen and oxygen atoms in total. The smallest absolute Gasteiger partial charge is 0.191 e. The van der Waals surface area contributed by atoms with Crippen molar-refractivity contribution in [1.29, 1.82) is 0 Å². The van der Waals surface area contributed by atoms with Crippen molar-refractivity contribution in [3.63, 3.8) is 0 Å². The number of hydrogen-bond acceptors (Lipinski definition) is 2. The molecule has 2 rings (SSSR count). The van der Waals surface area contributed by atoms with Crippen LogP contribution >= 0.6 is 35.7 Å². The molecule has 1 aliphatic rings. The lowest BCUT2D eigenvalue weighted by atomic mass is 9.96. The van der Waals surface area contributed by atoms with E-state index < -0.39 is 0 Å². The summed E-state index contributed by atoms with van der Waals surface area (Å²) in [6.07, 6.45) is 8.69. The third-order valence-corrected chi connectivity index (χ3v) is 4.53. The van der Waals surface area contributed by atoms with Crippen LogP contribution in [0.2, 0.25) is 0 Å². The van der Waals surface area contributed by atoms with E-state index in [9.17, 15) is 0 Å². The first-order valence-corrected chi connectivity index (χ1v) is 8.64. The minimum absolute atomic E-state index is 0. The summed E-state index contributed by atoms with van der Waals surface area (Å²) in [5.41, 5.74) is 1.29. The van der Waals surface area contributed by atoms with Crippen molar-refractivity contribution >= 4 is 41.7 Å². The summed E-state index contributed by atoms with van der Waals surface area (Å²) < 4.78 is 0. The molecule has 0 heterocycles. The number of hydrogen-bond donors (Lipinski definition) is 2. The average molecular weight is 419 g/mol. The largest absolute Gasteiger partial charge is 0.354 e. The molecule has 1 saturated carbocycles. The molecule has 0 amide bonds. The Labute approximate surface area is 149 Å². The monoisotopic (exact) mass is 419 g/mol. The van der Waals surface area contributed by atoms with Crippen LogP contribution in [0.4, 0.5) is 0 Å². The van der Waals surface area contributed by atoms with Crippen LogP contribution in [0.15, 0.2) is 34.2 Å². The lowest BCUT2D eigenvalue weighted by molar-refractivity contribution is 0.410. The maximum absolute atomic E-state index is 4.32. The van der Waals surface area contributed by atoms with Gasteiger partial charge in [-0.2, -0.15) is 0 Å². The molecule has 5 heteroatoms. The molecule has 2 N–H and O–H groups in total. The Morgan fingerprint density at radius 1 is 1.19 bits per heavy atom. The van der Waals surface area contributed by atoms with Crippen LogP contribution in [0.25, 0.3) is 0 Å². The molecule has 1 aromatic rings. The summed E-state index contributed by atoms with van der Waals surface area (Å²) in [6, 6.07) is 9.27. The van der Waals surface area contributed by atoms with Crippen LogP contribution in [0.5, 0.6) is 0 Å². The van der Waals surface area contributed by atoms with E-state index in [4.69, 9.17) is 0 Å². The first-order chi connectivity index (χ1) is 9.81. The highest BCUT2D eigenvalue weighted by Gasteiger charge is 2.14. The van der Waals surface area contributed by atoms with Gasteiger partial charge in [0, 0.05) is 24.5 Å². The molecule has 0 spiro atoms. The minimum Gasteiger partial charge on any atom is -0.354 e. The number of thioether (sulfide) groups is 1. The molecule has 1 fully saturated rings. The van der Waals surface area contributed by atoms with Gasteiger partial charge in [0.25, 0.3) is 0 Å². The van der Waals surface area contributed by atoms with Crippen molar-refractivity contribution in [2.45, 2.75) is 49.6 Å². The SMILES string of the molecule is CN=C(NCc1ccc(SC)cc1)NC1CCCCC1.I. The summed E-state index contributed by atoms with van der Waals surface area (Å²) in [6.45, 7) is 0.820. The van der Waals surface area contributed by atoms with Crippen LogP contribution in [-0.4, -0.2) is 25.3 Å². The summed E-state index contributed by atoms with van der Waals surface area (Å²) in [4.78, 5) is 5.63. The fourth-order valence-electron chi connectivity index (χ4n) is 2.56. The zero-order chi connectivity index (χ0) is 14.2. The molecular formula is C16H26IN3S. The fraction of sp³-hybridized carbons (Fsp3) is 0.562. The number of nitrogens with zero attached hydrogens (tertiary/aromatic N) is 1. The van der Waals surface area contributed by atoms with Gasteiger partial charge in [0.2, 0.25) is 0 Å². The van der Waals surface area contributed by atoms with Crippen molar-refractivity contribution < 1.29 is 0 Å². The van der Waals surface area contributed by atoms with Gasteiger partial charge in [0.15, 0.2) is 5.96 Å². The summed E-state index contributed by atoms with van der Waals surface area (Å²) in [5, 5.41) is 6.94. The number of halogens is 1. The third kappa shape index (κ3) is 6.46. The number of aliphatic imine (C=N–C) groups is 1. The standard InChI is InChI=1S/C16H25N3S.HI/c1-17-16(19-14-6-4-3-5-7-14)18-12-13-8-10-15(20-2)11-9-13;/h8-11,14H,3-7,12H2,1-2H3,(H2,17,18,19);1H. The van der Waals surface area contributed by atoms with Gasteiger partial charge >= 0.3 is 0 Å². The Morgan fingerprint density at radius 3 is 2.43 bits per heavy atom. The second kappa shape index (κ2) is 10.3. The number of guanidine groups is 1. The second-order valence-electron chi connectivity index (χ2n) is 5.25. The van der Waals surface area contributed by atoms with E-state index >= 15 is 0 Å². The predicted octanol–water partition coefficient (Wildman–Crippen LogP) is 4.02. The molecule has 118 valence electrons. The van der Waals surface area contributed by atoms with Gasteiger partial charge in [-0.15, -0.1) is 35.7 Å². The van der Waals surface area contributed by atoms with Crippen molar-refractivity contribution in [2.75, 3.05) is 13.3 Å². The van der Waals surface area contributed by atoms with E-state index in [1.165, 1.54) is 42.6 Å². The zero-order valence-corrected chi connectivity index (χ0v) is 16.0. The van der Waals surface area contributed by atoms with Gasteiger partial charge in [-0.3, -0.25) is 4.99 Å². The molecule has 1 aliphatic carbocycles. The number of nitrogens with one attached hydrogen (secondary N) is 2. The topological polar surface area (TPSA) is 36.4 Å². The van der Waals surface area contributed by atoms with Crippen molar-refractivity contribution in [1.82, 2.24) is 10.6 Å². The predicted molar refractivity (Wildman–Crippen MR) is 104 cm³/mol. The molecule has 0 bridgehead atoms. The van der Waals surface area contributed by atoms with Gasteiger partial charge in [0.1, 0.15) is 0 Å². The van der Waals surface area contributed by atoms with E-state index in [0.29, 0.717) is 6.04 Å². The minimum atomic E-state index is 0. The van der Waals surface area contributed by atoms with Crippen LogP contribution < -0.4 is 10.6 Å². The highest BCUT2D eigenvalue weighted by Crippen LogP contribution is 2.17. The van der Waals surface area contributed by atoms with Crippen LogP contribution in [-0.2, 0) is 6.54 Å². The van der Waals surface area contributed by atoms with Crippen LogP contribution in [0.1, 0.15) is 37.7 Å². The molecule has 0 radical (unpaired) electrons. The molecule has 0 saturated heterocycles. The van der Waals surface area contributed by atoms with Crippen molar-refractivity contribution in [2.24, 2.45) is 4.99 Å². The molecule has 21 heavy (non-hydrogen) atoms. The van der Waals surface area contributed by atoms with E-state index in [2.05, 4.69) is 46.1 Å². The summed E-state index contributed by atoms with van der Waals surface area (Å²) in [7, 11) is 1.84. The molecule has 0 atom stereocenters. The molecule has 0 aliphatic heterocycles. The lowest BCUT2D eigenvalue weighted by Gasteiger charge is -2.24.